The van der Waals surface area contributed by atoms with Gasteiger partial charge in [-0.25, -0.2) is 0 Å². The third-order valence-electron chi connectivity index (χ3n) is 8.99. The lowest BCUT2D eigenvalue weighted by atomic mass is 9.49. The summed E-state index contributed by atoms with van der Waals surface area (Å²) in [5.41, 5.74) is 0.798. The minimum atomic E-state index is 0.798. The van der Waals surface area contributed by atoms with Crippen LogP contribution in [-0.2, 0) is 0 Å². The van der Waals surface area contributed by atoms with Gasteiger partial charge in [-0.3, -0.25) is 0 Å². The Balaban J connectivity index is 1.56. The molecule has 19 heavy (non-hydrogen) atoms. The Morgan fingerprint density at radius 3 is 2.84 bits per heavy atom. The fourth-order valence-corrected chi connectivity index (χ4v) is 8.78. The molecule has 0 amide bonds. The molecule has 1 aliphatic heterocycles. The molecular formula is C18H27N. The maximum Gasteiger partial charge on any atom is 0.0160 e. The van der Waals surface area contributed by atoms with E-state index in [0.29, 0.717) is 0 Å². The molecule has 0 aromatic rings. The van der Waals surface area contributed by atoms with Crippen molar-refractivity contribution in [2.45, 2.75) is 57.4 Å². The summed E-state index contributed by atoms with van der Waals surface area (Å²) in [6, 6.07) is 0.956. The summed E-state index contributed by atoms with van der Waals surface area (Å²) in [5, 5.41) is 4.10. The van der Waals surface area contributed by atoms with E-state index < -0.39 is 0 Å². The highest BCUT2D eigenvalue weighted by Gasteiger charge is 2.71. The van der Waals surface area contributed by atoms with Crippen LogP contribution < -0.4 is 5.32 Å². The Hall–Kier alpha value is -0.0400. The van der Waals surface area contributed by atoms with Gasteiger partial charge in [0.25, 0.3) is 0 Å². The second kappa shape index (κ2) is 3.24. The van der Waals surface area contributed by atoms with Gasteiger partial charge < -0.3 is 5.32 Å². The molecule has 0 radical (unpaired) electrons. The van der Waals surface area contributed by atoms with Gasteiger partial charge >= 0.3 is 0 Å². The van der Waals surface area contributed by atoms with E-state index in [2.05, 4.69) is 5.32 Å². The Bertz CT molecular complexity index is 431. The lowest BCUT2D eigenvalue weighted by Crippen LogP contribution is -2.64. The lowest BCUT2D eigenvalue weighted by Gasteiger charge is -2.60. The van der Waals surface area contributed by atoms with E-state index in [1.807, 2.05) is 0 Å². The van der Waals surface area contributed by atoms with Crippen molar-refractivity contribution in [3.05, 3.63) is 0 Å². The lowest BCUT2D eigenvalue weighted by molar-refractivity contribution is -0.0895. The fraction of sp³-hybridized carbons (Fsp3) is 1.00. The summed E-state index contributed by atoms with van der Waals surface area (Å²) in [6.45, 7) is 1.38. The zero-order valence-corrected chi connectivity index (χ0v) is 12.0. The van der Waals surface area contributed by atoms with E-state index in [1.54, 1.807) is 51.4 Å². The molecule has 104 valence electrons. The van der Waals surface area contributed by atoms with Gasteiger partial charge in [-0.1, -0.05) is 12.8 Å². The van der Waals surface area contributed by atoms with Gasteiger partial charge in [0.15, 0.2) is 0 Å². The van der Waals surface area contributed by atoms with Crippen molar-refractivity contribution in [1.82, 2.24) is 5.32 Å². The third kappa shape index (κ3) is 1.02. The molecule has 9 atom stereocenters. The van der Waals surface area contributed by atoms with Crippen molar-refractivity contribution in [3.63, 3.8) is 0 Å². The monoisotopic (exact) mass is 257 g/mol. The smallest absolute Gasteiger partial charge is 0.0160 e. The highest BCUT2D eigenvalue weighted by Crippen LogP contribution is 2.74. The van der Waals surface area contributed by atoms with Crippen molar-refractivity contribution >= 4 is 0 Å². The summed E-state index contributed by atoms with van der Waals surface area (Å²) in [4.78, 5) is 0. The van der Waals surface area contributed by atoms with Gasteiger partial charge in [0.1, 0.15) is 0 Å². The number of nitrogens with one attached hydrogen (secondary N) is 1. The van der Waals surface area contributed by atoms with Crippen LogP contribution in [0.2, 0.25) is 0 Å². The highest BCUT2D eigenvalue weighted by atomic mass is 15.0. The van der Waals surface area contributed by atoms with E-state index in [-0.39, 0.29) is 0 Å². The summed E-state index contributed by atoms with van der Waals surface area (Å²) in [7, 11) is 0. The van der Waals surface area contributed by atoms with E-state index >= 15 is 0 Å². The molecule has 5 aliphatic carbocycles. The van der Waals surface area contributed by atoms with Crippen LogP contribution in [0, 0.1) is 46.8 Å². The van der Waals surface area contributed by atoms with Crippen LogP contribution in [0.15, 0.2) is 0 Å². The van der Waals surface area contributed by atoms with Crippen molar-refractivity contribution < 1.29 is 0 Å². The third-order valence-corrected chi connectivity index (χ3v) is 8.99. The van der Waals surface area contributed by atoms with Crippen LogP contribution in [0.1, 0.15) is 51.4 Å². The predicted molar refractivity (Wildman–Crippen MR) is 75.6 cm³/mol. The number of piperidine rings is 1. The molecule has 1 N–H and O–H groups in total. The van der Waals surface area contributed by atoms with Crippen molar-refractivity contribution in [1.29, 1.82) is 0 Å². The first-order chi connectivity index (χ1) is 9.38. The molecule has 1 saturated heterocycles. The molecular weight excluding hydrogens is 230 g/mol. The van der Waals surface area contributed by atoms with Gasteiger partial charge in [-0.15, -0.1) is 0 Å². The normalized spacial score (nSPS) is 68.2. The number of rotatable bonds is 0. The summed E-state index contributed by atoms with van der Waals surface area (Å²) in [5.74, 6) is 7.89. The molecule has 0 aromatic carbocycles. The minimum Gasteiger partial charge on any atom is -0.313 e. The zero-order valence-electron chi connectivity index (χ0n) is 12.0. The second-order valence-electron chi connectivity index (χ2n) is 9.01. The fourth-order valence-electron chi connectivity index (χ4n) is 8.78. The van der Waals surface area contributed by atoms with Crippen molar-refractivity contribution in [2.75, 3.05) is 6.54 Å². The Morgan fingerprint density at radius 2 is 1.84 bits per heavy atom. The van der Waals surface area contributed by atoms with Gasteiger partial charge in [0.2, 0.25) is 0 Å². The summed E-state index contributed by atoms with van der Waals surface area (Å²) >= 11 is 0. The van der Waals surface area contributed by atoms with E-state index in [0.717, 1.165) is 47.0 Å². The van der Waals surface area contributed by atoms with Crippen LogP contribution >= 0.6 is 0 Å². The quantitative estimate of drug-likeness (QED) is 0.701. The first-order valence-electron chi connectivity index (χ1n) is 9.11. The molecule has 6 aliphatic rings. The molecule has 1 spiro atoms. The molecule has 0 aromatic heterocycles. The average Bonchev–Trinajstić information content (AvgIpc) is 2.82. The molecule has 1 heteroatoms. The maximum absolute atomic E-state index is 4.10. The van der Waals surface area contributed by atoms with Gasteiger partial charge in [-0.05, 0) is 91.9 Å². The SMILES string of the molecule is C1C[C@H]2CN[C@H]3[C@@H]4C[C@H]2[C@@]3(C1)[C@@H]1C[C@@H]2CC[C@H]4[C@H]1C2. The predicted octanol–water partition coefficient (Wildman–Crippen LogP) is 3.45. The summed E-state index contributed by atoms with van der Waals surface area (Å²) < 4.78 is 0. The molecule has 6 fully saturated rings. The van der Waals surface area contributed by atoms with E-state index in [4.69, 9.17) is 0 Å². The molecule has 5 saturated carbocycles. The van der Waals surface area contributed by atoms with Crippen LogP contribution in [0.5, 0.6) is 0 Å². The molecule has 6 rings (SSSR count). The largest absolute Gasteiger partial charge is 0.313 e. The van der Waals surface area contributed by atoms with Gasteiger partial charge in [0.05, 0.1) is 0 Å². The van der Waals surface area contributed by atoms with Crippen LogP contribution in [0.3, 0.4) is 0 Å². The Morgan fingerprint density at radius 1 is 0.842 bits per heavy atom. The number of hydrogen-bond acceptors (Lipinski definition) is 1. The zero-order chi connectivity index (χ0) is 12.2. The topological polar surface area (TPSA) is 12.0 Å². The van der Waals surface area contributed by atoms with Crippen LogP contribution in [0.25, 0.3) is 0 Å². The second-order valence-corrected chi connectivity index (χ2v) is 9.01. The number of hydrogen-bond donors (Lipinski definition) is 1. The standard InChI is InChI=1S/C18H27N/c1-2-11-9-19-17-14-8-15(11)18(17,5-1)16-7-10-3-4-12(14)13(16)6-10/h10-17,19H,1-9H2/t10-,11+,12+,13-,14-,15-,16-,17+,18+/m1/s1. The van der Waals surface area contributed by atoms with E-state index in [9.17, 15) is 0 Å². The minimum absolute atomic E-state index is 0.798. The molecule has 1 nitrogen and oxygen atoms in total. The highest BCUT2D eigenvalue weighted by molar-refractivity contribution is 5.22. The maximum atomic E-state index is 4.10. The first-order valence-corrected chi connectivity index (χ1v) is 9.11. The van der Waals surface area contributed by atoms with Crippen molar-refractivity contribution in [2.24, 2.45) is 46.8 Å². The van der Waals surface area contributed by atoms with Gasteiger partial charge in [0, 0.05) is 6.04 Å². The molecule has 1 heterocycles. The van der Waals surface area contributed by atoms with Crippen LogP contribution in [-0.4, -0.2) is 12.6 Å². The van der Waals surface area contributed by atoms with Crippen LogP contribution in [0.4, 0.5) is 0 Å². The Labute approximate surface area is 116 Å². The Kier molecular flexibility index (Phi) is 1.81. The van der Waals surface area contributed by atoms with Gasteiger partial charge in [-0.2, -0.15) is 0 Å². The van der Waals surface area contributed by atoms with E-state index in [1.165, 1.54) is 12.5 Å². The first kappa shape index (κ1) is 10.7. The summed E-state index contributed by atoms with van der Waals surface area (Å²) in [6.07, 6.45) is 12.8. The van der Waals surface area contributed by atoms with Crippen molar-refractivity contribution in [3.8, 4) is 0 Å². The molecule has 7 bridgehead atoms. The molecule has 0 unspecified atom stereocenters. The number of fused-ring (bicyclic) bond motifs is 2. The average molecular weight is 257 g/mol.